The predicted molar refractivity (Wildman–Crippen MR) is 413 cm³/mol. The van der Waals surface area contributed by atoms with Crippen molar-refractivity contribution in [3.63, 3.8) is 0 Å². The van der Waals surface area contributed by atoms with E-state index in [-0.39, 0.29) is 22.8 Å². The van der Waals surface area contributed by atoms with Crippen LogP contribution in [0, 0.1) is 52.4 Å². The minimum absolute atomic E-state index is 0.0495. The van der Waals surface area contributed by atoms with Crippen LogP contribution in [-0.4, -0.2) is 29.4 Å². The molecule has 10 nitrogen and oxygen atoms in total. The van der Waals surface area contributed by atoms with Crippen LogP contribution >= 0.6 is 57.1 Å². The van der Waals surface area contributed by atoms with Crippen LogP contribution in [0.1, 0.15) is 261 Å². The topological polar surface area (TPSA) is 146 Å². The first kappa shape index (κ1) is 69.6. The van der Waals surface area contributed by atoms with E-state index >= 15 is 0 Å². The largest absolute Gasteiger partial charge is 0.337 e. The highest BCUT2D eigenvalue weighted by Gasteiger charge is 2.37. The van der Waals surface area contributed by atoms with E-state index in [0.29, 0.717) is 56.4 Å². The number of thiophene rings is 4. The first-order valence-electron chi connectivity index (χ1n) is 36.5. The molecule has 0 spiro atoms. The molecule has 0 radical (unpaired) electrons. The lowest BCUT2D eigenvalue weighted by molar-refractivity contribution is 0.103. The third-order valence-electron chi connectivity index (χ3n) is 20.9. The second kappa shape index (κ2) is 32.1. The van der Waals surface area contributed by atoms with Gasteiger partial charge in [-0.2, -0.15) is 19.3 Å². The Kier molecular flexibility index (Phi) is 23.0. The summed E-state index contributed by atoms with van der Waals surface area (Å²) in [5, 5.41) is 33.8. The van der Waals surface area contributed by atoms with Crippen molar-refractivity contribution in [2.45, 2.75) is 234 Å². The van der Waals surface area contributed by atoms with Gasteiger partial charge in [-0.3, -0.25) is 9.59 Å². The zero-order valence-electron chi connectivity index (χ0n) is 57.6. The molecule has 500 valence electrons. The Balaban J connectivity index is 1.13. The second-order valence-corrected chi connectivity index (χ2v) is 31.8. The number of unbranched alkanes of at least 4 members (excludes halogenated alkanes) is 18. The van der Waals surface area contributed by atoms with Crippen LogP contribution in [0.2, 0.25) is 0 Å². The quantitative estimate of drug-likeness (QED) is 0.0169. The Morgan fingerprint density at radius 1 is 0.485 bits per heavy atom. The summed E-state index contributed by atoms with van der Waals surface area (Å²) in [6, 6.07) is 21.4. The summed E-state index contributed by atoms with van der Waals surface area (Å²) in [7, 11) is 0. The highest BCUT2D eigenvalue weighted by molar-refractivity contribution is 7.34. The molecule has 2 aliphatic carbocycles. The normalized spacial score (nSPS) is 15.2. The van der Waals surface area contributed by atoms with Gasteiger partial charge in [0.1, 0.15) is 28.7 Å². The van der Waals surface area contributed by atoms with E-state index < -0.39 is 0 Å². The molecule has 10 aromatic rings. The van der Waals surface area contributed by atoms with Gasteiger partial charge in [-0.15, -0.1) is 45.3 Å². The fourth-order valence-corrected chi connectivity index (χ4v) is 22.0. The molecule has 7 aromatic heterocycles. The number of rotatable bonds is 34. The molecular formula is C82H90N8O2S5. The molecule has 0 saturated carbocycles. The number of benzene rings is 3. The van der Waals surface area contributed by atoms with Crippen molar-refractivity contribution in [2.24, 2.45) is 11.8 Å². The van der Waals surface area contributed by atoms with Crippen LogP contribution in [-0.2, 0) is 25.9 Å². The lowest BCUT2D eigenvalue weighted by Crippen LogP contribution is -2.13. The van der Waals surface area contributed by atoms with Gasteiger partial charge in [0.05, 0.1) is 74.6 Å². The molecule has 0 bridgehead atoms. The van der Waals surface area contributed by atoms with E-state index in [1.807, 2.05) is 83.4 Å². The van der Waals surface area contributed by atoms with Crippen LogP contribution in [0.25, 0.3) is 100 Å². The van der Waals surface area contributed by atoms with E-state index in [9.17, 15) is 25.4 Å². The maximum Gasteiger partial charge on any atom is 0.270 e. The molecule has 7 heterocycles. The number of nitrogens with zero attached hydrogens (tertiary/aromatic N) is 8. The average molecular weight is 1380 g/mol. The molecule has 3 aromatic carbocycles. The van der Waals surface area contributed by atoms with Crippen LogP contribution < -0.4 is 0 Å². The van der Waals surface area contributed by atoms with Crippen LogP contribution in [0.5, 0.6) is 0 Å². The van der Waals surface area contributed by atoms with Gasteiger partial charge in [0, 0.05) is 67.0 Å². The maximum absolute atomic E-state index is 14.8. The van der Waals surface area contributed by atoms with Crippen molar-refractivity contribution in [1.82, 2.24) is 17.9 Å². The minimum Gasteiger partial charge on any atom is -0.337 e. The van der Waals surface area contributed by atoms with Crippen molar-refractivity contribution < 1.29 is 9.59 Å². The highest BCUT2D eigenvalue weighted by Crippen LogP contribution is 2.56. The standard InChI is InChI=1S/C82H90N8O2S5/c1-8-14-18-20-22-24-26-28-30-42-58-63(44-60-65(53(46-83)47-84)54-38-32-34-40-56(54)75(60)91)93-81-73-79(95-77(58)81)67-69-70(88-97-87-69)68-72(71(67)89(73)49-51(12-5)36-16-10-3)90(50-52(13-6)37-17-11-4)74-80(68)96-78-59(43-31-29-27-25-23-21-19-15-9-2)64(94-82(74)78)45-61-66(62(48-85)86-7)55-39-33-35-41-57(55)76(61)92/h32-35,38-41,44-45,51-52H,8-31,36-37,42-43,49-50H2,1-6H3/b60-44-,61-45-,66-62+. The number of hydrogen-bond donors (Lipinski definition) is 0. The van der Waals surface area contributed by atoms with Crippen molar-refractivity contribution in [3.05, 3.63) is 125 Å². The monoisotopic (exact) mass is 1380 g/mol. The zero-order chi connectivity index (χ0) is 67.7. The van der Waals surface area contributed by atoms with Crippen molar-refractivity contribution in [2.75, 3.05) is 0 Å². The molecule has 2 unspecified atom stereocenters. The Labute approximate surface area is 592 Å². The van der Waals surface area contributed by atoms with Gasteiger partial charge >= 0.3 is 0 Å². The summed E-state index contributed by atoms with van der Waals surface area (Å²) in [6.07, 6.45) is 36.4. The van der Waals surface area contributed by atoms with E-state index in [1.165, 1.54) is 163 Å². The smallest absolute Gasteiger partial charge is 0.270 e. The molecule has 97 heavy (non-hydrogen) atoms. The third kappa shape index (κ3) is 13.4. The van der Waals surface area contributed by atoms with Crippen molar-refractivity contribution in [3.8, 4) is 18.2 Å². The van der Waals surface area contributed by atoms with Gasteiger partial charge < -0.3 is 9.13 Å². The van der Waals surface area contributed by atoms with E-state index in [4.69, 9.17) is 15.3 Å². The minimum atomic E-state index is -0.155. The van der Waals surface area contributed by atoms with Crippen LogP contribution in [0.3, 0.4) is 0 Å². The van der Waals surface area contributed by atoms with E-state index in [0.717, 1.165) is 135 Å². The average Bonchev–Trinajstić information content (AvgIpc) is 1.51. The lowest BCUT2D eigenvalue weighted by Gasteiger charge is -2.20. The summed E-state index contributed by atoms with van der Waals surface area (Å²) in [6.45, 7) is 23.7. The number of aromatic nitrogens is 4. The van der Waals surface area contributed by atoms with Gasteiger partial charge in [-0.1, -0.05) is 231 Å². The number of Topliss-reactive ketones (excluding diaryl/α,β-unsaturated/α-hetero) is 2. The van der Waals surface area contributed by atoms with Crippen molar-refractivity contribution in [1.29, 1.82) is 15.8 Å². The molecule has 0 N–H and O–H groups in total. The SMILES string of the molecule is [C-]#[N+]/C(C#N)=C1/C(=C/c2sc3c(sc4c5c6nsnc6c6c7sc8c(CCCCCCCCCCC)c(/C=C9\C(=O)c%10ccccc%10C9=C(C#N)C#N)sc8c7n(CC(CC)CCCC)c6c5n(CC(CC)CCCC)c34)c2CCCCCCCCCCC)C(=O)c2ccccc21. The number of allylic oxidation sites excluding steroid dienone is 6. The Morgan fingerprint density at radius 3 is 1.27 bits per heavy atom. The van der Waals surface area contributed by atoms with Crippen molar-refractivity contribution >= 4 is 164 Å². The summed E-state index contributed by atoms with van der Waals surface area (Å²) in [5.74, 6) is 0.480. The number of fused-ring (bicyclic) bond motifs is 16. The second-order valence-electron chi connectivity index (χ2n) is 27.2. The van der Waals surface area contributed by atoms with Crippen LogP contribution in [0.15, 0.2) is 70.9 Å². The molecular weight excluding hydrogens is 1290 g/mol. The van der Waals surface area contributed by atoms with Gasteiger partial charge in [0.15, 0.2) is 11.6 Å². The lowest BCUT2D eigenvalue weighted by atomic mass is 9.98. The number of aryl methyl sites for hydroxylation is 2. The fraction of sp³-hybridized carbons (Fsp3) is 0.463. The summed E-state index contributed by atoms with van der Waals surface area (Å²) in [4.78, 5) is 35.3. The van der Waals surface area contributed by atoms with Gasteiger partial charge in [0.25, 0.3) is 5.70 Å². The van der Waals surface area contributed by atoms with Crippen LogP contribution in [0.4, 0.5) is 0 Å². The molecule has 0 saturated heterocycles. The molecule has 15 heteroatoms. The Hall–Kier alpha value is -7.34. The summed E-state index contributed by atoms with van der Waals surface area (Å²) >= 11 is 8.61. The zero-order valence-corrected chi connectivity index (χ0v) is 61.7. The molecule has 0 amide bonds. The number of nitriles is 3. The molecule has 2 aliphatic rings. The first-order chi connectivity index (χ1) is 47.6. The summed E-state index contributed by atoms with van der Waals surface area (Å²) in [5.41, 5.74) is 13.1. The van der Waals surface area contributed by atoms with Gasteiger partial charge in [0.2, 0.25) is 0 Å². The molecule has 2 atom stereocenters. The van der Waals surface area contributed by atoms with Gasteiger partial charge in [-0.05, 0) is 84.8 Å². The third-order valence-corrected chi connectivity index (χ3v) is 26.5. The Morgan fingerprint density at radius 2 is 0.876 bits per heavy atom. The van der Waals surface area contributed by atoms with E-state index in [2.05, 4.69) is 73.7 Å². The predicted octanol–water partition coefficient (Wildman–Crippen LogP) is 25.6. The molecule has 0 aliphatic heterocycles. The fourth-order valence-electron chi connectivity index (χ4n) is 15.5. The first-order valence-corrected chi connectivity index (χ1v) is 40.5. The molecule has 12 rings (SSSR count). The maximum atomic E-state index is 14.8. The highest BCUT2D eigenvalue weighted by atomic mass is 32.1. The number of carbonyl (C=O) groups is 2. The number of hydrogen-bond acceptors (Lipinski definition) is 12. The Bertz CT molecular complexity index is 4590. The van der Waals surface area contributed by atoms with Gasteiger partial charge in [-0.25, -0.2) is 10.1 Å². The summed E-state index contributed by atoms with van der Waals surface area (Å²) < 4.78 is 23.6. The number of ketones is 2. The molecule has 0 fully saturated rings. The van der Waals surface area contributed by atoms with E-state index in [1.54, 1.807) is 22.7 Å². The number of carbonyl (C=O) groups excluding carboxylic acids is 2.